The van der Waals surface area contributed by atoms with E-state index in [-0.39, 0.29) is 5.82 Å². The maximum absolute atomic E-state index is 11.0. The molecule has 1 unspecified atom stereocenters. The second-order valence-corrected chi connectivity index (χ2v) is 4.12. The lowest BCUT2D eigenvalue weighted by Crippen LogP contribution is -2.15. The third-order valence-electron chi connectivity index (χ3n) is 2.11. The first kappa shape index (κ1) is 12.9. The normalized spacial score (nSPS) is 12.2. The predicted molar refractivity (Wildman–Crippen MR) is 61.6 cm³/mol. The van der Waals surface area contributed by atoms with Crippen molar-refractivity contribution in [1.29, 1.82) is 0 Å². The lowest BCUT2D eigenvalue weighted by Gasteiger charge is -2.11. The van der Waals surface area contributed by atoms with Gasteiger partial charge in [-0.25, -0.2) is 4.98 Å². The largest absolute Gasteiger partial charge is 0.481 e. The Hall–Kier alpha value is -1.17. The van der Waals surface area contributed by atoms with Gasteiger partial charge in [0.2, 0.25) is 5.88 Å². The van der Waals surface area contributed by atoms with Gasteiger partial charge in [0, 0.05) is 6.20 Å². The minimum Gasteiger partial charge on any atom is -0.481 e. The first-order valence-electron chi connectivity index (χ1n) is 4.89. The van der Waals surface area contributed by atoms with Crippen LogP contribution in [0.4, 0.5) is 0 Å². The number of carboxylic acid groups (broad SMARTS) is 1. The van der Waals surface area contributed by atoms with E-state index in [1.807, 2.05) is 6.92 Å². The predicted octanol–water partition coefficient (Wildman–Crippen LogP) is 2.22. The highest BCUT2D eigenvalue weighted by atomic mass is 79.9. The summed E-state index contributed by atoms with van der Waals surface area (Å²) in [7, 11) is 1.48. The van der Waals surface area contributed by atoms with Crippen molar-refractivity contribution in [2.45, 2.75) is 25.7 Å². The van der Waals surface area contributed by atoms with Crippen LogP contribution in [0, 0.1) is 0 Å². The van der Waals surface area contributed by atoms with Gasteiger partial charge in [-0.1, -0.05) is 13.3 Å². The Morgan fingerprint density at radius 2 is 2.38 bits per heavy atom. The van der Waals surface area contributed by atoms with E-state index in [2.05, 4.69) is 25.9 Å². The van der Waals surface area contributed by atoms with Crippen LogP contribution in [0.5, 0.6) is 5.88 Å². The van der Waals surface area contributed by atoms with Crippen LogP contribution in [0.3, 0.4) is 0 Å². The molecule has 1 N–H and O–H groups in total. The van der Waals surface area contributed by atoms with E-state index < -0.39 is 11.9 Å². The van der Waals surface area contributed by atoms with Crippen molar-refractivity contribution in [3.8, 4) is 5.88 Å². The van der Waals surface area contributed by atoms with Crippen LogP contribution in [0.15, 0.2) is 10.7 Å². The summed E-state index contributed by atoms with van der Waals surface area (Å²) in [6.07, 6.45) is 2.78. The third-order valence-corrected chi connectivity index (χ3v) is 2.65. The van der Waals surface area contributed by atoms with E-state index in [4.69, 9.17) is 9.84 Å². The molecule has 16 heavy (non-hydrogen) atoms. The number of hydrogen-bond acceptors (Lipinski definition) is 4. The van der Waals surface area contributed by atoms with Gasteiger partial charge in [-0.15, -0.1) is 0 Å². The molecule has 0 amide bonds. The SMILES string of the molecule is CCCC(C(=O)O)c1ncc(Br)c(OC)n1. The van der Waals surface area contributed by atoms with Crippen LogP contribution in [0.2, 0.25) is 0 Å². The molecule has 6 heteroatoms. The first-order valence-corrected chi connectivity index (χ1v) is 5.68. The van der Waals surface area contributed by atoms with E-state index >= 15 is 0 Å². The zero-order valence-electron chi connectivity index (χ0n) is 9.11. The quantitative estimate of drug-likeness (QED) is 0.899. The standard InChI is InChI=1S/C10H13BrN2O3/c1-3-4-6(10(14)15)8-12-5-7(11)9(13-8)16-2/h5-6H,3-4H2,1-2H3,(H,14,15). The molecule has 1 atom stereocenters. The molecule has 1 heterocycles. The van der Waals surface area contributed by atoms with E-state index in [0.29, 0.717) is 16.8 Å². The van der Waals surface area contributed by atoms with Crippen LogP contribution < -0.4 is 4.74 Å². The molecule has 1 rings (SSSR count). The average Bonchev–Trinajstić information content (AvgIpc) is 2.26. The second-order valence-electron chi connectivity index (χ2n) is 3.26. The van der Waals surface area contributed by atoms with Gasteiger partial charge in [-0.05, 0) is 22.4 Å². The molecule has 1 aromatic heterocycles. The van der Waals surface area contributed by atoms with Crippen molar-refractivity contribution in [1.82, 2.24) is 9.97 Å². The van der Waals surface area contributed by atoms with E-state index in [9.17, 15) is 4.79 Å². The highest BCUT2D eigenvalue weighted by molar-refractivity contribution is 9.10. The summed E-state index contributed by atoms with van der Waals surface area (Å²) in [5, 5.41) is 9.06. The highest BCUT2D eigenvalue weighted by Gasteiger charge is 2.22. The van der Waals surface area contributed by atoms with Crippen LogP contribution in [0.1, 0.15) is 31.5 Å². The minimum absolute atomic E-state index is 0.286. The van der Waals surface area contributed by atoms with Gasteiger partial charge in [0.05, 0.1) is 11.6 Å². The molecule has 0 radical (unpaired) electrons. The monoisotopic (exact) mass is 288 g/mol. The molecule has 0 aliphatic rings. The van der Waals surface area contributed by atoms with Gasteiger partial charge in [-0.2, -0.15) is 4.98 Å². The maximum atomic E-state index is 11.0. The van der Waals surface area contributed by atoms with E-state index in [1.165, 1.54) is 13.3 Å². The molecule has 0 fully saturated rings. The van der Waals surface area contributed by atoms with Crippen LogP contribution in [-0.2, 0) is 4.79 Å². The molecule has 0 aliphatic carbocycles. The first-order chi connectivity index (χ1) is 7.60. The summed E-state index contributed by atoms with van der Waals surface area (Å²) < 4.78 is 5.61. The Labute approximate surface area is 102 Å². The molecule has 0 spiro atoms. The van der Waals surface area contributed by atoms with Crippen LogP contribution in [-0.4, -0.2) is 28.2 Å². The molecule has 88 valence electrons. The number of aromatic nitrogens is 2. The number of ether oxygens (including phenoxy) is 1. The lowest BCUT2D eigenvalue weighted by molar-refractivity contribution is -0.139. The summed E-state index contributed by atoms with van der Waals surface area (Å²) in [4.78, 5) is 19.1. The van der Waals surface area contributed by atoms with E-state index in [1.54, 1.807) is 0 Å². The zero-order valence-corrected chi connectivity index (χ0v) is 10.7. The van der Waals surface area contributed by atoms with Crippen molar-refractivity contribution >= 4 is 21.9 Å². The summed E-state index contributed by atoms with van der Waals surface area (Å²) in [5.41, 5.74) is 0. The Morgan fingerprint density at radius 3 is 2.88 bits per heavy atom. The fourth-order valence-corrected chi connectivity index (χ4v) is 1.68. The second kappa shape index (κ2) is 5.79. The van der Waals surface area contributed by atoms with Crippen molar-refractivity contribution in [2.24, 2.45) is 0 Å². The van der Waals surface area contributed by atoms with Crippen LogP contribution in [0.25, 0.3) is 0 Å². The summed E-state index contributed by atoms with van der Waals surface area (Å²) in [6.45, 7) is 1.92. The maximum Gasteiger partial charge on any atom is 0.314 e. The van der Waals surface area contributed by atoms with Gasteiger partial charge < -0.3 is 9.84 Å². The van der Waals surface area contributed by atoms with Gasteiger partial charge in [-0.3, -0.25) is 4.79 Å². The topological polar surface area (TPSA) is 72.3 Å². The van der Waals surface area contributed by atoms with E-state index in [0.717, 1.165) is 6.42 Å². The van der Waals surface area contributed by atoms with Gasteiger partial charge >= 0.3 is 5.97 Å². The number of hydrogen-bond donors (Lipinski definition) is 1. The molecule has 0 saturated heterocycles. The van der Waals surface area contributed by atoms with Crippen molar-refractivity contribution in [3.05, 3.63) is 16.5 Å². The van der Waals surface area contributed by atoms with Crippen molar-refractivity contribution in [2.75, 3.05) is 7.11 Å². The molecule has 0 saturated carbocycles. The summed E-state index contributed by atoms with van der Waals surface area (Å²) in [6, 6.07) is 0. The molecule has 1 aromatic rings. The number of methoxy groups -OCH3 is 1. The number of rotatable bonds is 5. The number of carbonyl (C=O) groups is 1. The van der Waals surface area contributed by atoms with Crippen LogP contribution >= 0.6 is 15.9 Å². The summed E-state index contributed by atoms with van der Waals surface area (Å²) >= 11 is 3.22. The van der Waals surface area contributed by atoms with Gasteiger partial charge in [0.1, 0.15) is 11.7 Å². The number of carboxylic acids is 1. The zero-order chi connectivity index (χ0) is 12.1. The minimum atomic E-state index is -0.911. The van der Waals surface area contributed by atoms with Crippen molar-refractivity contribution in [3.63, 3.8) is 0 Å². The fraction of sp³-hybridized carbons (Fsp3) is 0.500. The Balaban J connectivity index is 3.05. The van der Waals surface area contributed by atoms with Crippen molar-refractivity contribution < 1.29 is 14.6 Å². The summed E-state index contributed by atoms with van der Waals surface area (Å²) in [5.74, 6) is -0.944. The number of halogens is 1. The van der Waals surface area contributed by atoms with Gasteiger partial charge in [0.15, 0.2) is 0 Å². The third kappa shape index (κ3) is 2.91. The fourth-order valence-electron chi connectivity index (χ4n) is 1.33. The molecule has 0 aliphatic heterocycles. The smallest absolute Gasteiger partial charge is 0.314 e. The Bertz CT molecular complexity index is 384. The molecule has 0 aromatic carbocycles. The Morgan fingerprint density at radius 1 is 1.69 bits per heavy atom. The molecular weight excluding hydrogens is 276 g/mol. The number of aliphatic carboxylic acids is 1. The Kier molecular flexibility index (Phi) is 4.67. The molecule has 0 bridgehead atoms. The van der Waals surface area contributed by atoms with Gasteiger partial charge in [0.25, 0.3) is 0 Å². The number of nitrogens with zero attached hydrogens (tertiary/aromatic N) is 2. The average molecular weight is 289 g/mol. The molecular formula is C10H13BrN2O3. The highest BCUT2D eigenvalue weighted by Crippen LogP contribution is 2.25. The lowest BCUT2D eigenvalue weighted by atomic mass is 10.0. The molecule has 5 nitrogen and oxygen atoms in total.